The molecule has 0 spiro atoms. The van der Waals surface area contributed by atoms with Crippen LogP contribution in [-0.4, -0.2) is 41.0 Å². The van der Waals surface area contributed by atoms with Gasteiger partial charge in [-0.05, 0) is 36.8 Å². The summed E-state index contributed by atoms with van der Waals surface area (Å²) in [5.74, 6) is -0.413. The molecule has 0 amide bonds. The molecule has 0 unspecified atom stereocenters. The van der Waals surface area contributed by atoms with E-state index in [0.29, 0.717) is 30.0 Å². The van der Waals surface area contributed by atoms with Gasteiger partial charge in [-0.1, -0.05) is 30.3 Å². The lowest BCUT2D eigenvalue weighted by molar-refractivity contribution is -0.147. The molecule has 0 radical (unpaired) electrons. The zero-order chi connectivity index (χ0) is 21.1. The lowest BCUT2D eigenvalue weighted by Crippen LogP contribution is -2.22. The van der Waals surface area contributed by atoms with Crippen LogP contribution in [0.15, 0.2) is 60.8 Å². The van der Waals surface area contributed by atoms with Gasteiger partial charge in [-0.2, -0.15) is 5.10 Å². The van der Waals surface area contributed by atoms with E-state index in [2.05, 4.69) is 5.10 Å². The summed E-state index contributed by atoms with van der Waals surface area (Å²) < 4.78 is 17.4. The van der Waals surface area contributed by atoms with Crippen LogP contribution in [0.3, 0.4) is 0 Å². The molecule has 30 heavy (non-hydrogen) atoms. The van der Waals surface area contributed by atoms with Crippen molar-refractivity contribution in [2.75, 3.05) is 7.11 Å². The molecule has 0 bridgehead atoms. The van der Waals surface area contributed by atoms with Crippen LogP contribution >= 0.6 is 0 Å². The number of esters is 2. The minimum absolute atomic E-state index is 0.267. The Kier molecular flexibility index (Phi) is 5.52. The molecule has 2 heterocycles. The highest BCUT2D eigenvalue weighted by Gasteiger charge is 2.36. The van der Waals surface area contributed by atoms with Crippen molar-refractivity contribution >= 4 is 11.9 Å². The summed E-state index contributed by atoms with van der Waals surface area (Å²) in [6, 6.07) is 17.1. The fraction of sp³-hybridized carbons (Fsp3) is 0.261. The topological polar surface area (TPSA) is 79.7 Å². The maximum atomic E-state index is 12.9. The average molecular weight is 406 g/mol. The van der Waals surface area contributed by atoms with Crippen LogP contribution in [0.2, 0.25) is 0 Å². The molecule has 7 heteroatoms. The lowest BCUT2D eigenvalue weighted by atomic mass is 10.1. The molecule has 0 N–H and O–H groups in total. The Hall–Kier alpha value is -3.61. The van der Waals surface area contributed by atoms with Gasteiger partial charge >= 0.3 is 11.9 Å². The molecule has 1 aliphatic heterocycles. The first-order valence-electron chi connectivity index (χ1n) is 9.71. The number of rotatable bonds is 6. The maximum Gasteiger partial charge on any atom is 0.347 e. The van der Waals surface area contributed by atoms with E-state index < -0.39 is 18.0 Å². The number of hydrogen-bond donors (Lipinski definition) is 0. The number of nitrogens with zero attached hydrogens (tertiary/aromatic N) is 2. The van der Waals surface area contributed by atoms with Crippen molar-refractivity contribution in [2.45, 2.75) is 32.1 Å². The van der Waals surface area contributed by atoms with Crippen LogP contribution in [0.4, 0.5) is 0 Å². The summed E-state index contributed by atoms with van der Waals surface area (Å²) in [4.78, 5) is 24.8. The summed E-state index contributed by atoms with van der Waals surface area (Å²) in [6.07, 6.45) is 0.838. The quantitative estimate of drug-likeness (QED) is 0.583. The second kappa shape index (κ2) is 8.41. The maximum absolute atomic E-state index is 12.9. The number of methoxy groups -OCH3 is 1. The van der Waals surface area contributed by atoms with Gasteiger partial charge in [-0.15, -0.1) is 0 Å². The highest BCUT2D eigenvalue weighted by Crippen LogP contribution is 2.27. The molecule has 4 rings (SSSR count). The Balaban J connectivity index is 1.65. The summed E-state index contributed by atoms with van der Waals surface area (Å²) >= 11 is 0. The van der Waals surface area contributed by atoms with Gasteiger partial charge in [0.2, 0.25) is 6.10 Å². The molecule has 1 aliphatic rings. The van der Waals surface area contributed by atoms with Crippen molar-refractivity contribution in [3.8, 4) is 17.0 Å². The third-order valence-electron chi connectivity index (χ3n) is 4.91. The van der Waals surface area contributed by atoms with Gasteiger partial charge in [-0.3, -0.25) is 4.68 Å². The van der Waals surface area contributed by atoms with Gasteiger partial charge in [-0.25, -0.2) is 9.59 Å². The average Bonchev–Trinajstić information content (AvgIpc) is 3.31. The Morgan fingerprint density at radius 3 is 2.53 bits per heavy atom. The van der Waals surface area contributed by atoms with Crippen LogP contribution in [0.1, 0.15) is 29.3 Å². The largest absolute Gasteiger partial charge is 0.497 e. The van der Waals surface area contributed by atoms with E-state index >= 15 is 0 Å². The van der Waals surface area contributed by atoms with E-state index in [1.165, 1.54) is 0 Å². The second-order valence-electron chi connectivity index (χ2n) is 7.18. The molecule has 0 aliphatic carbocycles. The van der Waals surface area contributed by atoms with E-state index in [-0.39, 0.29) is 6.10 Å². The van der Waals surface area contributed by atoms with Crippen molar-refractivity contribution in [1.29, 1.82) is 0 Å². The molecule has 3 aromatic rings. The standard InChI is InChI=1S/C23H22N2O5/c1-15-12-20(23(27)29-15)30-22(26)19-14-25(13-16-6-4-3-5-7-16)24-21(19)17-8-10-18(28-2)11-9-17/h3-11,14-15,20H,12-13H2,1-2H3/t15-,20-/m1/s1. The predicted octanol–water partition coefficient (Wildman–Crippen LogP) is 3.47. The SMILES string of the molecule is COc1ccc(-c2nn(Cc3ccccc3)cc2C(=O)O[C@@H]2C[C@@H](C)OC2=O)cc1. The lowest BCUT2D eigenvalue weighted by Gasteiger charge is -2.08. The van der Waals surface area contributed by atoms with Crippen molar-refractivity contribution < 1.29 is 23.8 Å². The molecule has 2 aromatic carbocycles. The molecule has 7 nitrogen and oxygen atoms in total. The molecule has 154 valence electrons. The zero-order valence-electron chi connectivity index (χ0n) is 16.8. The van der Waals surface area contributed by atoms with E-state index in [1.54, 1.807) is 37.0 Å². The molecule has 1 aromatic heterocycles. The van der Waals surface area contributed by atoms with Crippen LogP contribution < -0.4 is 4.74 Å². The van der Waals surface area contributed by atoms with Crippen molar-refractivity contribution in [2.24, 2.45) is 0 Å². The number of cyclic esters (lactones) is 1. The Labute approximate surface area is 174 Å². The van der Waals surface area contributed by atoms with Gasteiger partial charge in [0.05, 0.1) is 13.7 Å². The Morgan fingerprint density at radius 1 is 1.17 bits per heavy atom. The summed E-state index contributed by atoms with van der Waals surface area (Å²) in [7, 11) is 1.59. The highest BCUT2D eigenvalue weighted by molar-refractivity contribution is 5.97. The number of carbonyl (C=O) groups is 2. The first kappa shape index (κ1) is 19.7. The van der Waals surface area contributed by atoms with E-state index in [1.807, 2.05) is 42.5 Å². The monoisotopic (exact) mass is 406 g/mol. The second-order valence-corrected chi connectivity index (χ2v) is 7.18. The first-order chi connectivity index (χ1) is 14.5. The van der Waals surface area contributed by atoms with Crippen molar-refractivity contribution in [3.05, 3.63) is 71.9 Å². The number of aromatic nitrogens is 2. The summed E-state index contributed by atoms with van der Waals surface area (Å²) in [6.45, 7) is 2.27. The van der Waals surface area contributed by atoms with Gasteiger partial charge in [0.1, 0.15) is 23.1 Å². The van der Waals surface area contributed by atoms with Gasteiger partial charge in [0.15, 0.2) is 0 Å². The third kappa shape index (κ3) is 4.20. The smallest absolute Gasteiger partial charge is 0.347 e. The van der Waals surface area contributed by atoms with Crippen LogP contribution in [0.5, 0.6) is 5.75 Å². The minimum Gasteiger partial charge on any atom is -0.497 e. The fourth-order valence-electron chi connectivity index (χ4n) is 3.39. The van der Waals surface area contributed by atoms with Crippen LogP contribution in [-0.2, 0) is 20.8 Å². The van der Waals surface area contributed by atoms with Crippen molar-refractivity contribution in [1.82, 2.24) is 9.78 Å². The van der Waals surface area contributed by atoms with Gasteiger partial charge < -0.3 is 14.2 Å². The van der Waals surface area contributed by atoms with E-state index in [4.69, 9.17) is 14.2 Å². The molecule has 0 saturated carbocycles. The molecule has 1 saturated heterocycles. The number of ether oxygens (including phenoxy) is 3. The normalized spacial score (nSPS) is 18.1. The van der Waals surface area contributed by atoms with Crippen LogP contribution in [0, 0.1) is 0 Å². The summed E-state index contributed by atoms with van der Waals surface area (Å²) in [5, 5.41) is 4.62. The third-order valence-corrected chi connectivity index (χ3v) is 4.91. The van der Waals surface area contributed by atoms with Gasteiger partial charge in [0, 0.05) is 18.2 Å². The van der Waals surface area contributed by atoms with Gasteiger partial charge in [0.25, 0.3) is 0 Å². The molecular formula is C23H22N2O5. The Bertz CT molecular complexity index is 1040. The number of hydrogen-bond acceptors (Lipinski definition) is 6. The predicted molar refractivity (Wildman–Crippen MR) is 109 cm³/mol. The highest BCUT2D eigenvalue weighted by atomic mass is 16.6. The fourth-order valence-corrected chi connectivity index (χ4v) is 3.39. The Morgan fingerprint density at radius 2 is 1.90 bits per heavy atom. The van der Waals surface area contributed by atoms with Crippen LogP contribution in [0.25, 0.3) is 11.3 Å². The van der Waals surface area contributed by atoms with E-state index in [0.717, 1.165) is 11.1 Å². The summed E-state index contributed by atoms with van der Waals surface area (Å²) in [5.41, 5.74) is 2.58. The van der Waals surface area contributed by atoms with E-state index in [9.17, 15) is 9.59 Å². The minimum atomic E-state index is -0.895. The number of carbonyl (C=O) groups excluding carboxylic acids is 2. The van der Waals surface area contributed by atoms with Crippen molar-refractivity contribution in [3.63, 3.8) is 0 Å². The molecular weight excluding hydrogens is 384 g/mol. The first-order valence-corrected chi connectivity index (χ1v) is 9.71. The number of benzene rings is 2. The molecule has 1 fully saturated rings. The molecule has 2 atom stereocenters. The zero-order valence-corrected chi connectivity index (χ0v) is 16.8.